The second-order valence-corrected chi connectivity index (χ2v) is 51.6. The SMILES string of the molecule is CCCCC(CC)CSc1ccc(-c2c3c[c]([Sn]([CH3])([CH3])[CH3])sc3c(-c3ccc(SCC(CC)CCCC)cc3)c3c[c]([Sn]([CH3])([CH3])[CH3])sc23)cc1. The fraction of sp³-hybridized carbons (Fsp3) is 0.500. The van der Waals surface area contributed by atoms with Gasteiger partial charge < -0.3 is 0 Å². The number of thiophene rings is 2. The molecule has 0 nitrogen and oxygen atoms in total. The molecule has 5 aromatic rings. The van der Waals surface area contributed by atoms with Gasteiger partial charge in [-0.15, -0.1) is 0 Å². The molecule has 0 radical (unpaired) electrons. The number of benzene rings is 3. The first-order valence-electron chi connectivity index (χ1n) is 19.4. The predicted octanol–water partition coefficient (Wildman–Crippen LogP) is 15.2. The summed E-state index contributed by atoms with van der Waals surface area (Å²) >= 11 is 3.66. The molecule has 0 bridgehead atoms. The summed E-state index contributed by atoms with van der Waals surface area (Å²) in [5.74, 6) is 4.10. The van der Waals surface area contributed by atoms with Gasteiger partial charge in [-0.25, -0.2) is 0 Å². The van der Waals surface area contributed by atoms with Gasteiger partial charge in [0, 0.05) is 0 Å². The van der Waals surface area contributed by atoms with Crippen molar-refractivity contribution in [2.75, 3.05) is 11.5 Å². The molecule has 50 heavy (non-hydrogen) atoms. The van der Waals surface area contributed by atoms with Gasteiger partial charge in [0.1, 0.15) is 0 Å². The Hall–Kier alpha value is -0.123. The summed E-state index contributed by atoms with van der Waals surface area (Å²) in [6.07, 6.45) is 10.6. The molecule has 2 heterocycles. The third-order valence-corrected chi connectivity index (χ3v) is 33.9. The first-order valence-corrected chi connectivity index (χ1v) is 43.0. The van der Waals surface area contributed by atoms with Crippen molar-refractivity contribution in [3.63, 3.8) is 0 Å². The molecule has 0 N–H and O–H groups in total. The van der Waals surface area contributed by atoms with Crippen LogP contribution >= 0.6 is 46.2 Å². The van der Waals surface area contributed by atoms with Crippen molar-refractivity contribution >= 4 is 109 Å². The molecule has 270 valence electrons. The van der Waals surface area contributed by atoms with Crippen LogP contribution in [0.2, 0.25) is 29.6 Å². The minimum atomic E-state index is -2.35. The van der Waals surface area contributed by atoms with Crippen LogP contribution in [0.25, 0.3) is 42.4 Å². The van der Waals surface area contributed by atoms with Crippen LogP contribution in [0.3, 0.4) is 0 Å². The summed E-state index contributed by atoms with van der Waals surface area (Å²) in [7, 11) is 0. The quantitative estimate of drug-likeness (QED) is 0.0634. The number of unbranched alkanes of at least 4 members (excludes halogenated alkanes) is 2. The molecule has 3 aromatic carbocycles. The molecule has 0 aliphatic heterocycles. The molecule has 0 amide bonds. The van der Waals surface area contributed by atoms with Crippen molar-refractivity contribution in [1.82, 2.24) is 0 Å². The Morgan fingerprint density at radius 2 is 0.900 bits per heavy atom. The van der Waals surface area contributed by atoms with Crippen LogP contribution in [0.4, 0.5) is 0 Å². The van der Waals surface area contributed by atoms with Crippen molar-refractivity contribution in [2.24, 2.45) is 11.8 Å². The molecule has 2 atom stereocenters. The Bertz CT molecular complexity index is 1630. The first kappa shape index (κ1) is 41.0. The van der Waals surface area contributed by atoms with Crippen molar-refractivity contribution in [3.8, 4) is 22.3 Å². The summed E-state index contributed by atoms with van der Waals surface area (Å²) in [6.45, 7) is 9.36. The fourth-order valence-corrected chi connectivity index (χ4v) is 22.0. The maximum absolute atomic E-state index is 2.64. The van der Waals surface area contributed by atoms with Crippen molar-refractivity contribution in [2.45, 2.75) is 118 Å². The molecule has 0 aliphatic rings. The fourth-order valence-electron chi connectivity index (χ4n) is 6.74. The van der Waals surface area contributed by atoms with E-state index in [0.717, 1.165) is 11.8 Å². The summed E-state index contributed by atoms with van der Waals surface area (Å²) in [4.78, 5) is 18.3. The van der Waals surface area contributed by atoms with E-state index in [0.29, 0.717) is 0 Å². The zero-order valence-electron chi connectivity index (χ0n) is 32.6. The van der Waals surface area contributed by atoms with Crippen molar-refractivity contribution < 1.29 is 0 Å². The van der Waals surface area contributed by atoms with Crippen LogP contribution in [0, 0.1) is 11.8 Å². The average molecular weight is 957 g/mol. The Labute approximate surface area is 330 Å². The minimum absolute atomic E-state index is 0.819. The Balaban J connectivity index is 1.60. The third-order valence-electron chi connectivity index (χ3n) is 10.3. The van der Waals surface area contributed by atoms with Gasteiger partial charge >= 0.3 is 280 Å². The van der Waals surface area contributed by atoms with E-state index in [1.54, 1.807) is 5.79 Å². The van der Waals surface area contributed by atoms with Crippen molar-refractivity contribution in [1.29, 1.82) is 0 Å². The Morgan fingerprint density at radius 1 is 0.540 bits per heavy atom. The van der Waals surface area contributed by atoms with Crippen LogP contribution in [0.15, 0.2) is 70.5 Å². The van der Waals surface area contributed by atoms with E-state index in [9.17, 15) is 0 Å². The Kier molecular flexibility index (Phi) is 15.2. The molecule has 0 saturated heterocycles. The molecule has 2 unspecified atom stereocenters. The number of hydrogen-bond acceptors (Lipinski definition) is 4. The van der Waals surface area contributed by atoms with E-state index < -0.39 is 36.8 Å². The summed E-state index contributed by atoms with van der Waals surface area (Å²) in [5.41, 5.74) is 5.75. The molecular formula is C44H62S4Sn2. The number of hydrogen-bond donors (Lipinski definition) is 0. The maximum atomic E-state index is 2.64. The van der Waals surface area contributed by atoms with Crippen LogP contribution in [0.5, 0.6) is 0 Å². The van der Waals surface area contributed by atoms with E-state index >= 15 is 0 Å². The molecule has 5 rings (SSSR count). The average Bonchev–Trinajstić information content (AvgIpc) is 3.74. The standard InChI is InChI=1S/C38H44S4.6CH3.2Sn/c1-5-9-11-27(7-3)25-41-31-17-13-29(14-18-31)35-33-21-23-40-38(33)36(34-22-24-39-37(34)35)30-15-19-32(20-16-30)42-26-28(8-4)12-10-6-2;;;;;;;;/h13-22,27-28H,5-12,25-26H2,1-4H3;6*1H3;;. The molecule has 6 heteroatoms. The number of rotatable bonds is 18. The van der Waals surface area contributed by atoms with Crippen LogP contribution in [0.1, 0.15) is 79.1 Å². The monoisotopic (exact) mass is 958 g/mol. The van der Waals surface area contributed by atoms with Crippen LogP contribution in [-0.2, 0) is 0 Å². The van der Waals surface area contributed by atoms with Gasteiger partial charge in [0.05, 0.1) is 0 Å². The second kappa shape index (κ2) is 18.5. The number of fused-ring (bicyclic) bond motifs is 2. The second-order valence-electron chi connectivity index (χ2n) is 16.5. The first-order chi connectivity index (χ1) is 23.9. The number of thioether (sulfide) groups is 2. The van der Waals surface area contributed by atoms with Crippen LogP contribution < -0.4 is 5.79 Å². The molecule has 2 aromatic heterocycles. The normalized spacial score (nSPS) is 13.8. The predicted molar refractivity (Wildman–Crippen MR) is 242 cm³/mol. The summed E-state index contributed by atoms with van der Waals surface area (Å²) in [5, 5.41) is 2.98. The van der Waals surface area contributed by atoms with Gasteiger partial charge in [0.15, 0.2) is 0 Å². The zero-order chi connectivity index (χ0) is 36.1. The van der Waals surface area contributed by atoms with E-state index in [2.05, 4.69) is 164 Å². The van der Waals surface area contributed by atoms with Gasteiger partial charge in [-0.05, 0) is 0 Å². The van der Waals surface area contributed by atoms with Gasteiger partial charge in [0.2, 0.25) is 0 Å². The van der Waals surface area contributed by atoms with Gasteiger partial charge in [-0.3, -0.25) is 0 Å². The van der Waals surface area contributed by atoms with Gasteiger partial charge in [0.25, 0.3) is 0 Å². The molecule has 0 saturated carbocycles. The van der Waals surface area contributed by atoms with E-state index in [4.69, 9.17) is 0 Å². The van der Waals surface area contributed by atoms with E-state index in [1.165, 1.54) is 115 Å². The summed E-state index contributed by atoms with van der Waals surface area (Å²) in [6, 6.07) is 24.7. The molecule has 0 spiro atoms. The zero-order valence-corrected chi connectivity index (χ0v) is 41.6. The molecule has 0 fully saturated rings. The van der Waals surface area contributed by atoms with Crippen molar-refractivity contribution in [3.05, 3.63) is 60.7 Å². The Morgan fingerprint density at radius 3 is 1.20 bits per heavy atom. The summed E-state index contributed by atoms with van der Waals surface area (Å²) < 4.78 is 6.38. The topological polar surface area (TPSA) is 0 Å². The van der Waals surface area contributed by atoms with Crippen LogP contribution in [-0.4, -0.2) is 48.3 Å². The van der Waals surface area contributed by atoms with Gasteiger partial charge in [-0.1, -0.05) is 53.4 Å². The van der Waals surface area contributed by atoms with E-state index in [-0.39, 0.29) is 0 Å². The third kappa shape index (κ3) is 10.1. The van der Waals surface area contributed by atoms with E-state index in [1.807, 2.05) is 0 Å². The molecular weight excluding hydrogens is 894 g/mol. The van der Waals surface area contributed by atoms with Gasteiger partial charge in [-0.2, -0.15) is 0 Å². The molecule has 0 aliphatic carbocycles.